The number of hydrogen-bond acceptors (Lipinski definition) is 8. The molecule has 2 heterocycles. The molecule has 0 radical (unpaired) electrons. The number of nitro groups is 1. The van der Waals surface area contributed by atoms with E-state index in [1.807, 2.05) is 0 Å². The fourth-order valence-corrected chi connectivity index (χ4v) is 2.35. The SMILES string of the molecule is COc1ccc(Nc2ncnc(Nc3ccc(Br)cn3)c2[N+](=O)[O-])cc1. The van der Waals surface area contributed by atoms with E-state index in [0.29, 0.717) is 17.3 Å². The normalized spacial score (nSPS) is 10.2. The number of pyridine rings is 1. The monoisotopic (exact) mass is 416 g/mol. The van der Waals surface area contributed by atoms with Crippen molar-refractivity contribution in [1.82, 2.24) is 15.0 Å². The van der Waals surface area contributed by atoms with Gasteiger partial charge in [0.2, 0.25) is 11.6 Å². The zero-order valence-corrected chi connectivity index (χ0v) is 15.1. The fourth-order valence-electron chi connectivity index (χ4n) is 2.12. The number of nitrogens with one attached hydrogen (secondary N) is 2. The van der Waals surface area contributed by atoms with Crippen molar-refractivity contribution in [2.45, 2.75) is 0 Å². The van der Waals surface area contributed by atoms with Crippen LogP contribution in [0.4, 0.5) is 28.8 Å². The summed E-state index contributed by atoms with van der Waals surface area (Å²) in [5.74, 6) is 1.20. The lowest BCUT2D eigenvalue weighted by Gasteiger charge is -2.10. The zero-order valence-electron chi connectivity index (χ0n) is 13.5. The molecule has 2 aromatic heterocycles. The van der Waals surface area contributed by atoms with E-state index in [4.69, 9.17) is 4.74 Å². The molecular formula is C16H13BrN6O3. The molecule has 10 heteroatoms. The Morgan fingerprint density at radius 1 is 1.04 bits per heavy atom. The number of anilines is 4. The van der Waals surface area contributed by atoms with E-state index in [9.17, 15) is 10.1 Å². The Labute approximate surface area is 156 Å². The first-order valence-corrected chi connectivity index (χ1v) is 8.15. The summed E-state index contributed by atoms with van der Waals surface area (Å²) in [7, 11) is 1.56. The van der Waals surface area contributed by atoms with Gasteiger partial charge < -0.3 is 15.4 Å². The van der Waals surface area contributed by atoms with Crippen LogP contribution in [0.2, 0.25) is 0 Å². The molecule has 0 bridgehead atoms. The van der Waals surface area contributed by atoms with E-state index in [1.54, 1.807) is 49.7 Å². The molecule has 0 aliphatic heterocycles. The highest BCUT2D eigenvalue weighted by Crippen LogP contribution is 2.33. The van der Waals surface area contributed by atoms with Crippen LogP contribution in [0.3, 0.4) is 0 Å². The minimum Gasteiger partial charge on any atom is -0.497 e. The van der Waals surface area contributed by atoms with Gasteiger partial charge in [0.05, 0.1) is 12.0 Å². The molecule has 0 atom stereocenters. The van der Waals surface area contributed by atoms with Gasteiger partial charge in [0.1, 0.15) is 17.9 Å². The molecule has 0 aliphatic carbocycles. The number of methoxy groups -OCH3 is 1. The summed E-state index contributed by atoms with van der Waals surface area (Å²) >= 11 is 3.28. The second-order valence-electron chi connectivity index (χ2n) is 5.02. The minimum atomic E-state index is -0.549. The third-order valence-electron chi connectivity index (χ3n) is 3.33. The van der Waals surface area contributed by atoms with Crippen LogP contribution < -0.4 is 15.4 Å². The first kappa shape index (κ1) is 17.5. The molecule has 0 saturated heterocycles. The summed E-state index contributed by atoms with van der Waals surface area (Å²) in [4.78, 5) is 23.1. The number of halogens is 1. The van der Waals surface area contributed by atoms with Crippen LogP contribution in [0.15, 0.2) is 53.4 Å². The van der Waals surface area contributed by atoms with Crippen molar-refractivity contribution in [2.24, 2.45) is 0 Å². The van der Waals surface area contributed by atoms with Crippen LogP contribution >= 0.6 is 15.9 Å². The van der Waals surface area contributed by atoms with Crippen LogP contribution in [0.25, 0.3) is 0 Å². The quantitative estimate of drug-likeness (QED) is 0.456. The lowest BCUT2D eigenvalue weighted by molar-refractivity contribution is -0.383. The number of ether oxygens (including phenoxy) is 1. The molecule has 0 unspecified atom stereocenters. The highest BCUT2D eigenvalue weighted by molar-refractivity contribution is 9.10. The van der Waals surface area contributed by atoms with Gasteiger partial charge in [-0.2, -0.15) is 0 Å². The molecule has 9 nitrogen and oxygen atoms in total. The third-order valence-corrected chi connectivity index (χ3v) is 3.80. The fraction of sp³-hybridized carbons (Fsp3) is 0.0625. The van der Waals surface area contributed by atoms with Gasteiger partial charge in [-0.15, -0.1) is 0 Å². The molecule has 132 valence electrons. The number of hydrogen-bond donors (Lipinski definition) is 2. The zero-order chi connectivity index (χ0) is 18.5. The van der Waals surface area contributed by atoms with Gasteiger partial charge in [0, 0.05) is 16.4 Å². The summed E-state index contributed by atoms with van der Waals surface area (Å²) in [6.45, 7) is 0. The minimum absolute atomic E-state index is 0.0378. The van der Waals surface area contributed by atoms with Gasteiger partial charge in [0.25, 0.3) is 0 Å². The molecule has 3 rings (SSSR count). The topological polar surface area (TPSA) is 115 Å². The average Bonchev–Trinajstić information content (AvgIpc) is 2.64. The first-order valence-electron chi connectivity index (χ1n) is 7.36. The molecule has 0 saturated carbocycles. The number of rotatable bonds is 6. The summed E-state index contributed by atoms with van der Waals surface area (Å²) in [6.07, 6.45) is 2.81. The van der Waals surface area contributed by atoms with E-state index in [2.05, 4.69) is 41.5 Å². The molecule has 3 aromatic rings. The standard InChI is InChI=1S/C16H13BrN6O3/c1-26-12-5-3-11(4-6-12)21-15-14(23(24)25)16(20-9-19-15)22-13-7-2-10(17)8-18-13/h2-9H,1H3,(H2,18,19,20,21,22). The Morgan fingerprint density at radius 3 is 2.31 bits per heavy atom. The van der Waals surface area contributed by atoms with Gasteiger partial charge in [-0.3, -0.25) is 10.1 Å². The van der Waals surface area contributed by atoms with Crippen molar-refractivity contribution in [3.05, 3.63) is 63.5 Å². The maximum Gasteiger partial charge on any atom is 0.353 e. The van der Waals surface area contributed by atoms with Crippen LogP contribution in [0.1, 0.15) is 0 Å². The van der Waals surface area contributed by atoms with Crippen LogP contribution in [-0.4, -0.2) is 27.0 Å². The predicted octanol–water partition coefficient (Wildman–Crippen LogP) is 4.04. The molecule has 0 amide bonds. The van der Waals surface area contributed by atoms with Crippen molar-refractivity contribution in [1.29, 1.82) is 0 Å². The highest BCUT2D eigenvalue weighted by atomic mass is 79.9. The maximum absolute atomic E-state index is 11.6. The lowest BCUT2D eigenvalue weighted by Crippen LogP contribution is -2.06. The molecule has 2 N–H and O–H groups in total. The Hall–Kier alpha value is -3.27. The highest BCUT2D eigenvalue weighted by Gasteiger charge is 2.23. The molecule has 0 aliphatic rings. The third kappa shape index (κ3) is 4.03. The van der Waals surface area contributed by atoms with Crippen molar-refractivity contribution in [3.8, 4) is 5.75 Å². The Bertz CT molecular complexity index is 918. The Balaban J connectivity index is 1.92. The number of aromatic nitrogens is 3. The molecule has 1 aromatic carbocycles. The van der Waals surface area contributed by atoms with Crippen LogP contribution in [-0.2, 0) is 0 Å². The van der Waals surface area contributed by atoms with Crippen molar-refractivity contribution in [2.75, 3.05) is 17.7 Å². The molecule has 0 spiro atoms. The van der Waals surface area contributed by atoms with Gasteiger partial charge in [-0.1, -0.05) is 0 Å². The molecular weight excluding hydrogens is 404 g/mol. The second-order valence-corrected chi connectivity index (χ2v) is 5.93. The lowest BCUT2D eigenvalue weighted by atomic mass is 10.3. The summed E-state index contributed by atoms with van der Waals surface area (Å²) in [6, 6.07) is 10.4. The van der Waals surface area contributed by atoms with Gasteiger partial charge >= 0.3 is 5.69 Å². The number of benzene rings is 1. The van der Waals surface area contributed by atoms with Crippen LogP contribution in [0.5, 0.6) is 5.75 Å². The predicted molar refractivity (Wildman–Crippen MR) is 100 cm³/mol. The van der Waals surface area contributed by atoms with E-state index in [1.165, 1.54) is 6.33 Å². The molecule has 0 fully saturated rings. The van der Waals surface area contributed by atoms with Crippen molar-refractivity contribution < 1.29 is 9.66 Å². The van der Waals surface area contributed by atoms with E-state index < -0.39 is 4.92 Å². The van der Waals surface area contributed by atoms with Crippen LogP contribution in [0, 0.1) is 10.1 Å². The van der Waals surface area contributed by atoms with Crippen molar-refractivity contribution >= 4 is 44.8 Å². The van der Waals surface area contributed by atoms with E-state index in [0.717, 1.165) is 4.47 Å². The first-order chi connectivity index (χ1) is 12.6. The molecule has 26 heavy (non-hydrogen) atoms. The average molecular weight is 417 g/mol. The summed E-state index contributed by atoms with van der Waals surface area (Å²) in [5.41, 5.74) is 0.341. The van der Waals surface area contributed by atoms with Crippen molar-refractivity contribution in [3.63, 3.8) is 0 Å². The van der Waals surface area contributed by atoms with Gasteiger partial charge in [0.15, 0.2) is 0 Å². The Morgan fingerprint density at radius 2 is 1.73 bits per heavy atom. The smallest absolute Gasteiger partial charge is 0.353 e. The number of nitrogens with zero attached hydrogens (tertiary/aromatic N) is 4. The summed E-state index contributed by atoms with van der Waals surface area (Å²) in [5, 5.41) is 17.3. The largest absolute Gasteiger partial charge is 0.497 e. The van der Waals surface area contributed by atoms with Gasteiger partial charge in [-0.25, -0.2) is 15.0 Å². The Kier molecular flexibility index (Phi) is 5.23. The van der Waals surface area contributed by atoms with E-state index >= 15 is 0 Å². The van der Waals surface area contributed by atoms with E-state index in [-0.39, 0.29) is 17.3 Å². The maximum atomic E-state index is 11.6. The summed E-state index contributed by atoms with van der Waals surface area (Å²) < 4.78 is 5.89. The second kappa shape index (κ2) is 7.74. The van der Waals surface area contributed by atoms with Gasteiger partial charge in [-0.05, 0) is 52.3 Å².